The van der Waals surface area contributed by atoms with Crippen molar-refractivity contribution in [3.05, 3.63) is 29.7 Å². The molecule has 134 valence electrons. The lowest BCUT2D eigenvalue weighted by Gasteiger charge is -2.27. The number of piperidine rings is 1. The molecule has 2 unspecified atom stereocenters. The highest BCUT2D eigenvalue weighted by Gasteiger charge is 2.27. The summed E-state index contributed by atoms with van der Waals surface area (Å²) < 4.78 is 1.60. The Kier molecular flexibility index (Phi) is 4.60. The first-order valence-electron chi connectivity index (χ1n) is 8.13. The van der Waals surface area contributed by atoms with Crippen molar-refractivity contribution in [1.82, 2.24) is 24.9 Å². The molecule has 25 heavy (non-hydrogen) atoms. The Morgan fingerprint density at radius 2 is 2.28 bits per heavy atom. The van der Waals surface area contributed by atoms with Crippen LogP contribution in [0, 0.1) is 0 Å². The third-order valence-electron chi connectivity index (χ3n) is 4.47. The van der Waals surface area contributed by atoms with Crippen molar-refractivity contribution in [1.29, 1.82) is 0 Å². The van der Waals surface area contributed by atoms with Gasteiger partial charge in [-0.05, 0) is 25.3 Å². The first-order valence-corrected chi connectivity index (χ1v) is 8.13. The number of carboxylic acids is 1. The van der Waals surface area contributed by atoms with Gasteiger partial charge in [-0.2, -0.15) is 9.61 Å². The minimum absolute atomic E-state index is 0.118. The van der Waals surface area contributed by atoms with E-state index in [1.165, 1.54) is 5.01 Å². The van der Waals surface area contributed by atoms with Gasteiger partial charge in [-0.15, -0.1) is 0 Å². The summed E-state index contributed by atoms with van der Waals surface area (Å²) in [4.78, 5) is 15.8. The molecular formula is C16H23N7O2. The van der Waals surface area contributed by atoms with Crippen LogP contribution in [0.5, 0.6) is 0 Å². The summed E-state index contributed by atoms with van der Waals surface area (Å²) in [5.74, 6) is 5.49. The van der Waals surface area contributed by atoms with Crippen molar-refractivity contribution in [2.45, 2.75) is 31.7 Å². The van der Waals surface area contributed by atoms with E-state index in [1.54, 1.807) is 24.0 Å². The zero-order chi connectivity index (χ0) is 18.1. The molecule has 3 rings (SSSR count). The Bertz CT molecular complexity index is 819. The normalized spacial score (nSPS) is 21.5. The van der Waals surface area contributed by atoms with Gasteiger partial charge in [-0.25, -0.2) is 10.8 Å². The van der Waals surface area contributed by atoms with Crippen molar-refractivity contribution >= 4 is 23.0 Å². The number of rotatable bonds is 4. The minimum Gasteiger partial charge on any atom is -0.480 e. The summed E-state index contributed by atoms with van der Waals surface area (Å²) >= 11 is 0. The molecule has 1 aliphatic heterocycles. The summed E-state index contributed by atoms with van der Waals surface area (Å²) in [7, 11) is 1.75. The molecule has 2 aromatic rings. The van der Waals surface area contributed by atoms with Gasteiger partial charge in [0.05, 0.1) is 11.9 Å². The fourth-order valence-electron chi connectivity index (χ4n) is 3.19. The number of aromatic nitrogens is 3. The maximum absolute atomic E-state index is 11.1. The van der Waals surface area contributed by atoms with E-state index in [1.807, 2.05) is 13.0 Å². The van der Waals surface area contributed by atoms with Gasteiger partial charge in [-0.1, -0.05) is 0 Å². The molecule has 1 fully saturated rings. The van der Waals surface area contributed by atoms with E-state index in [2.05, 4.69) is 10.4 Å². The van der Waals surface area contributed by atoms with E-state index in [9.17, 15) is 4.79 Å². The molecule has 0 bridgehead atoms. The van der Waals surface area contributed by atoms with Crippen LogP contribution in [0.3, 0.4) is 0 Å². The zero-order valence-corrected chi connectivity index (χ0v) is 14.3. The number of hydrogen-bond acceptors (Lipinski definition) is 7. The number of nitrogens with two attached hydrogens (primary N) is 2. The van der Waals surface area contributed by atoms with Crippen LogP contribution in [0.2, 0.25) is 0 Å². The highest BCUT2D eigenvalue weighted by atomic mass is 16.4. The van der Waals surface area contributed by atoms with Crippen molar-refractivity contribution in [2.75, 3.05) is 19.3 Å². The number of carboxylic acid groups (broad SMARTS) is 1. The van der Waals surface area contributed by atoms with E-state index in [-0.39, 0.29) is 5.92 Å². The number of anilines is 1. The highest BCUT2D eigenvalue weighted by Crippen LogP contribution is 2.28. The minimum atomic E-state index is -0.814. The number of nitrogens with one attached hydrogen (secondary N) is 1. The lowest BCUT2D eigenvalue weighted by molar-refractivity contribution is -0.140. The Hall–Kier alpha value is -2.65. The molecule has 9 nitrogen and oxygen atoms in total. The summed E-state index contributed by atoms with van der Waals surface area (Å²) in [6.07, 6.45) is 4.82. The maximum Gasteiger partial charge on any atom is 0.320 e. The molecule has 0 spiro atoms. The third-order valence-corrected chi connectivity index (χ3v) is 4.47. The van der Waals surface area contributed by atoms with Crippen molar-refractivity contribution in [2.24, 2.45) is 5.84 Å². The SMILES string of the molecule is C/C(=C\N(C)N)c1cnn2c(N)cc(C3CCC(C(=O)O)NC3)nc12. The van der Waals surface area contributed by atoms with Crippen LogP contribution in [-0.4, -0.2) is 50.3 Å². The smallest absolute Gasteiger partial charge is 0.320 e. The second-order valence-corrected chi connectivity index (χ2v) is 6.45. The van der Waals surface area contributed by atoms with E-state index in [4.69, 9.17) is 21.7 Å². The van der Waals surface area contributed by atoms with Gasteiger partial charge in [0, 0.05) is 37.3 Å². The van der Waals surface area contributed by atoms with Crippen LogP contribution in [0.15, 0.2) is 18.5 Å². The molecule has 2 aromatic heterocycles. The second kappa shape index (κ2) is 6.69. The molecule has 3 heterocycles. The molecule has 0 radical (unpaired) electrons. The molecule has 9 heteroatoms. The standard InChI is InChI=1S/C16H23N7O2/c1-9(8-22(2)18)11-7-20-23-14(17)5-13(21-15(11)23)10-3-4-12(16(24)25)19-6-10/h5,7-8,10,12,19H,3-4,6,17-18H2,1-2H3,(H,24,25)/b9-8+. The van der Waals surface area contributed by atoms with Gasteiger partial charge < -0.3 is 21.2 Å². The van der Waals surface area contributed by atoms with Crippen LogP contribution in [0.25, 0.3) is 11.2 Å². The molecule has 0 aliphatic carbocycles. The van der Waals surface area contributed by atoms with Crippen molar-refractivity contribution in [3.63, 3.8) is 0 Å². The molecular weight excluding hydrogens is 322 g/mol. The number of carbonyl (C=O) groups is 1. The van der Waals surface area contributed by atoms with Crippen molar-refractivity contribution in [3.8, 4) is 0 Å². The molecule has 6 N–H and O–H groups in total. The fraction of sp³-hybridized carbons (Fsp3) is 0.438. The van der Waals surface area contributed by atoms with Gasteiger partial charge in [0.25, 0.3) is 0 Å². The number of hydrogen-bond donors (Lipinski definition) is 4. The Morgan fingerprint density at radius 1 is 1.52 bits per heavy atom. The largest absolute Gasteiger partial charge is 0.480 e. The lowest BCUT2D eigenvalue weighted by Crippen LogP contribution is -2.43. The Morgan fingerprint density at radius 3 is 2.88 bits per heavy atom. The average molecular weight is 345 g/mol. The predicted octanol–water partition coefficient (Wildman–Crippen LogP) is 0.398. The molecule has 1 saturated heterocycles. The fourth-order valence-corrected chi connectivity index (χ4v) is 3.19. The summed E-state index contributed by atoms with van der Waals surface area (Å²) in [6, 6.07) is 1.32. The monoisotopic (exact) mass is 345 g/mol. The molecule has 0 aromatic carbocycles. The van der Waals surface area contributed by atoms with Gasteiger partial charge in [0.15, 0.2) is 5.65 Å². The van der Waals surface area contributed by atoms with Gasteiger partial charge in [0.1, 0.15) is 11.9 Å². The van der Waals surface area contributed by atoms with Crippen LogP contribution in [-0.2, 0) is 4.79 Å². The third kappa shape index (κ3) is 3.42. The average Bonchev–Trinajstić information content (AvgIpc) is 2.99. The quantitative estimate of drug-likeness (QED) is 0.462. The Balaban J connectivity index is 1.94. The van der Waals surface area contributed by atoms with E-state index in [0.29, 0.717) is 24.4 Å². The van der Waals surface area contributed by atoms with Crippen LogP contribution in [0.4, 0.5) is 5.82 Å². The molecule has 2 atom stereocenters. The molecule has 1 aliphatic rings. The molecule has 0 saturated carbocycles. The second-order valence-electron chi connectivity index (χ2n) is 6.45. The number of aliphatic carboxylic acids is 1. The Labute approximate surface area is 145 Å². The van der Waals surface area contributed by atoms with Gasteiger partial charge in [0.2, 0.25) is 0 Å². The topological polar surface area (TPSA) is 135 Å². The van der Waals surface area contributed by atoms with E-state index in [0.717, 1.165) is 23.3 Å². The van der Waals surface area contributed by atoms with Gasteiger partial charge >= 0.3 is 5.97 Å². The zero-order valence-electron chi connectivity index (χ0n) is 14.3. The number of nitrogens with zero attached hydrogens (tertiary/aromatic N) is 4. The van der Waals surface area contributed by atoms with E-state index >= 15 is 0 Å². The number of nitrogen functional groups attached to an aromatic ring is 1. The lowest BCUT2D eigenvalue weighted by atomic mass is 9.92. The van der Waals surface area contributed by atoms with Crippen LogP contribution < -0.4 is 16.9 Å². The van der Waals surface area contributed by atoms with Crippen LogP contribution in [0.1, 0.15) is 36.9 Å². The highest BCUT2D eigenvalue weighted by molar-refractivity contribution is 5.75. The van der Waals surface area contributed by atoms with Crippen molar-refractivity contribution < 1.29 is 9.90 Å². The van der Waals surface area contributed by atoms with Crippen LogP contribution >= 0.6 is 0 Å². The number of fused-ring (bicyclic) bond motifs is 1. The molecule has 0 amide bonds. The van der Waals surface area contributed by atoms with E-state index < -0.39 is 12.0 Å². The number of hydrazine groups is 1. The first-order chi connectivity index (χ1) is 11.9. The summed E-state index contributed by atoms with van der Waals surface area (Å²) in [6.45, 7) is 2.49. The summed E-state index contributed by atoms with van der Waals surface area (Å²) in [5.41, 5.74) is 9.45. The predicted molar refractivity (Wildman–Crippen MR) is 94.4 cm³/mol. The first kappa shape index (κ1) is 17.2. The van der Waals surface area contributed by atoms with Gasteiger partial charge in [-0.3, -0.25) is 4.79 Å². The number of allylic oxidation sites excluding steroid dienone is 1. The maximum atomic E-state index is 11.1. The summed E-state index contributed by atoms with van der Waals surface area (Å²) in [5, 5.41) is 17.9.